The Morgan fingerprint density at radius 3 is 2.34 bits per heavy atom. The van der Waals surface area contributed by atoms with Crippen molar-refractivity contribution in [3.8, 4) is 5.75 Å². The average molecular weight is 650 g/mol. The van der Waals surface area contributed by atoms with Crippen LogP contribution in [-0.2, 0) is 20.0 Å². The Morgan fingerprint density at radius 1 is 1.05 bits per heavy atom. The van der Waals surface area contributed by atoms with Crippen LogP contribution in [0.5, 0.6) is 5.75 Å². The molecule has 5 rings (SSSR count). The van der Waals surface area contributed by atoms with Crippen LogP contribution in [0.2, 0.25) is 5.02 Å². The third-order valence-electron chi connectivity index (χ3n) is 7.14. The molecule has 1 N–H and O–H groups in total. The van der Waals surface area contributed by atoms with Crippen molar-refractivity contribution >= 4 is 53.5 Å². The molecular formula is C25H27BrClFN2O6S2. The Hall–Kier alpha value is -1.73. The van der Waals surface area contributed by atoms with E-state index in [-0.39, 0.29) is 28.9 Å². The van der Waals surface area contributed by atoms with Gasteiger partial charge in [-0.2, -0.15) is 4.31 Å². The Kier molecular flexibility index (Phi) is 7.82. The van der Waals surface area contributed by atoms with E-state index in [2.05, 4.69) is 15.9 Å². The van der Waals surface area contributed by atoms with E-state index < -0.39 is 37.0 Å². The zero-order valence-corrected chi connectivity index (χ0v) is 24.3. The van der Waals surface area contributed by atoms with Crippen molar-refractivity contribution in [3.63, 3.8) is 0 Å². The number of halogens is 3. The second-order valence-corrected chi connectivity index (χ2v) is 15.2. The van der Waals surface area contributed by atoms with Crippen LogP contribution < -0.4 is 9.46 Å². The quantitative estimate of drug-likeness (QED) is 0.417. The van der Waals surface area contributed by atoms with Gasteiger partial charge in [0.05, 0.1) is 27.3 Å². The van der Waals surface area contributed by atoms with Crippen molar-refractivity contribution in [2.24, 2.45) is 5.92 Å². The van der Waals surface area contributed by atoms with Crippen LogP contribution in [0.3, 0.4) is 0 Å². The maximum atomic E-state index is 14.9. The van der Waals surface area contributed by atoms with Gasteiger partial charge in [0.1, 0.15) is 11.6 Å². The predicted octanol–water partition coefficient (Wildman–Crippen LogP) is 4.82. The molecular weight excluding hydrogens is 623 g/mol. The summed E-state index contributed by atoms with van der Waals surface area (Å²) in [4.78, 5) is 12.7. The van der Waals surface area contributed by atoms with Crippen LogP contribution in [0, 0.1) is 11.7 Å². The zero-order valence-electron chi connectivity index (χ0n) is 20.3. The fraction of sp³-hybridized carbons (Fsp3) is 0.480. The number of piperidine rings is 1. The Bertz CT molecular complexity index is 1470. The molecule has 3 fully saturated rings. The summed E-state index contributed by atoms with van der Waals surface area (Å²) in [7, 11) is -7.47. The number of hydrogen-bond donors (Lipinski definition) is 1. The van der Waals surface area contributed by atoms with Crippen molar-refractivity contribution in [3.05, 3.63) is 56.8 Å². The summed E-state index contributed by atoms with van der Waals surface area (Å²) < 4.78 is 75.2. The minimum Gasteiger partial charge on any atom is -0.493 e. The molecule has 206 valence electrons. The van der Waals surface area contributed by atoms with E-state index in [4.69, 9.17) is 16.3 Å². The number of nitrogens with zero attached hydrogens (tertiary/aromatic N) is 1. The van der Waals surface area contributed by atoms with Gasteiger partial charge in [-0.15, -0.1) is 0 Å². The van der Waals surface area contributed by atoms with Crippen molar-refractivity contribution < 1.29 is 30.8 Å². The largest absolute Gasteiger partial charge is 0.493 e. The third kappa shape index (κ3) is 6.04. The van der Waals surface area contributed by atoms with E-state index in [0.29, 0.717) is 59.6 Å². The molecule has 0 spiro atoms. The highest BCUT2D eigenvalue weighted by Crippen LogP contribution is 2.45. The van der Waals surface area contributed by atoms with Gasteiger partial charge < -0.3 is 4.74 Å². The number of carbonyl (C=O) groups excluding carboxylic acids is 1. The van der Waals surface area contributed by atoms with Crippen LogP contribution in [0.4, 0.5) is 4.39 Å². The van der Waals surface area contributed by atoms with Crippen molar-refractivity contribution in [1.29, 1.82) is 0 Å². The molecule has 0 aromatic heterocycles. The van der Waals surface area contributed by atoms with Gasteiger partial charge in [0.2, 0.25) is 20.0 Å². The Balaban J connectivity index is 1.22. The molecule has 0 atom stereocenters. The molecule has 2 saturated carbocycles. The van der Waals surface area contributed by atoms with Gasteiger partial charge in [-0.05, 0) is 96.1 Å². The third-order valence-corrected chi connectivity index (χ3v) is 12.1. The number of benzene rings is 2. The zero-order chi connectivity index (χ0) is 27.2. The lowest BCUT2D eigenvalue weighted by Gasteiger charge is -2.31. The number of amides is 1. The lowest BCUT2D eigenvalue weighted by atomic mass is 9.99. The second kappa shape index (κ2) is 10.7. The maximum absolute atomic E-state index is 14.9. The Labute approximate surface area is 235 Å². The highest BCUT2D eigenvalue weighted by atomic mass is 79.9. The van der Waals surface area contributed by atoms with E-state index in [1.165, 1.54) is 22.5 Å². The van der Waals surface area contributed by atoms with E-state index in [0.717, 1.165) is 18.9 Å². The first kappa shape index (κ1) is 27.8. The van der Waals surface area contributed by atoms with Crippen LogP contribution in [0.25, 0.3) is 0 Å². The molecule has 3 aliphatic rings. The summed E-state index contributed by atoms with van der Waals surface area (Å²) >= 11 is 9.35. The van der Waals surface area contributed by atoms with Gasteiger partial charge in [0, 0.05) is 23.6 Å². The van der Waals surface area contributed by atoms with Crippen LogP contribution in [-0.4, -0.2) is 52.0 Å². The minimum atomic E-state index is -3.79. The van der Waals surface area contributed by atoms with Crippen molar-refractivity contribution in [2.45, 2.75) is 54.6 Å². The smallest absolute Gasteiger partial charge is 0.267 e. The SMILES string of the molecule is O=C(NS(=O)(=O)C1CC1)c1cc(C2CC2)c(OCC2CCN(S(=O)(=O)c3ccc(Br)c(Cl)c3)CC2)cc1F. The summed E-state index contributed by atoms with van der Waals surface area (Å²) in [5, 5.41) is -0.268. The van der Waals surface area contributed by atoms with Crippen LogP contribution >= 0.6 is 27.5 Å². The van der Waals surface area contributed by atoms with Gasteiger partial charge in [-0.3, -0.25) is 4.79 Å². The normalized spacial score (nSPS) is 19.3. The van der Waals surface area contributed by atoms with E-state index in [1.54, 1.807) is 6.07 Å². The molecule has 1 aliphatic heterocycles. The highest BCUT2D eigenvalue weighted by Gasteiger charge is 2.38. The summed E-state index contributed by atoms with van der Waals surface area (Å²) in [6.07, 6.45) is 3.89. The molecule has 1 saturated heterocycles. The van der Waals surface area contributed by atoms with Gasteiger partial charge in [-0.25, -0.2) is 25.9 Å². The minimum absolute atomic E-state index is 0.0664. The highest BCUT2D eigenvalue weighted by molar-refractivity contribution is 9.10. The maximum Gasteiger partial charge on any atom is 0.267 e. The standard InChI is InChI=1S/C25H27BrClFN2O6S2/c26-21-6-5-18(11-22(21)27)38(34,35)30-9-7-15(8-10-30)14-36-24-13-23(28)20(12-19(24)16-1-2-16)25(31)29-37(32,33)17-3-4-17/h5-6,11-13,15-17H,1-4,7-10,14H2,(H,29,31). The van der Waals surface area contributed by atoms with E-state index >= 15 is 0 Å². The first-order chi connectivity index (χ1) is 18.0. The molecule has 13 heteroatoms. The van der Waals surface area contributed by atoms with E-state index in [9.17, 15) is 26.0 Å². The number of sulfonamides is 2. The monoisotopic (exact) mass is 648 g/mol. The number of hydrogen-bond acceptors (Lipinski definition) is 6. The molecule has 1 amide bonds. The molecule has 0 unspecified atom stereocenters. The first-order valence-electron chi connectivity index (χ1n) is 12.4. The molecule has 2 aromatic carbocycles. The van der Waals surface area contributed by atoms with Crippen LogP contribution in [0.15, 0.2) is 39.7 Å². The molecule has 0 bridgehead atoms. The number of nitrogens with one attached hydrogen (secondary N) is 1. The topological polar surface area (TPSA) is 110 Å². The fourth-order valence-electron chi connectivity index (χ4n) is 4.54. The molecule has 38 heavy (non-hydrogen) atoms. The number of ether oxygens (including phenoxy) is 1. The van der Waals surface area contributed by atoms with Crippen molar-refractivity contribution in [1.82, 2.24) is 9.03 Å². The van der Waals surface area contributed by atoms with Gasteiger partial charge >= 0.3 is 0 Å². The fourth-order valence-corrected chi connectivity index (χ4v) is 7.82. The second-order valence-electron chi connectivity index (χ2n) is 10.1. The first-order valence-corrected chi connectivity index (χ1v) is 16.6. The van der Waals surface area contributed by atoms with Gasteiger partial charge in [0.25, 0.3) is 5.91 Å². The summed E-state index contributed by atoms with van der Waals surface area (Å²) in [5.41, 5.74) is 0.377. The van der Waals surface area contributed by atoms with Gasteiger partial charge in [-0.1, -0.05) is 11.6 Å². The van der Waals surface area contributed by atoms with E-state index in [1.807, 2.05) is 4.72 Å². The molecule has 8 nitrogen and oxygen atoms in total. The lowest BCUT2D eigenvalue weighted by molar-refractivity contribution is 0.0977. The summed E-state index contributed by atoms with van der Waals surface area (Å²) in [6, 6.07) is 7.10. The molecule has 2 aromatic rings. The van der Waals surface area contributed by atoms with Gasteiger partial charge in [0.15, 0.2) is 0 Å². The summed E-state index contributed by atoms with van der Waals surface area (Å²) in [6.45, 7) is 0.920. The molecule has 2 aliphatic carbocycles. The number of carbonyl (C=O) groups is 1. The van der Waals surface area contributed by atoms with Crippen LogP contribution in [0.1, 0.15) is 60.4 Å². The van der Waals surface area contributed by atoms with Crippen molar-refractivity contribution in [2.75, 3.05) is 19.7 Å². The molecule has 1 heterocycles. The molecule has 0 radical (unpaired) electrons. The number of rotatable bonds is 9. The average Bonchev–Trinajstić information content (AvgIpc) is 3.76. The summed E-state index contributed by atoms with van der Waals surface area (Å²) in [5.74, 6) is -1.28. The lowest BCUT2D eigenvalue weighted by Crippen LogP contribution is -2.39. The predicted molar refractivity (Wildman–Crippen MR) is 144 cm³/mol. The Morgan fingerprint density at radius 2 is 1.74 bits per heavy atom.